The number of rotatable bonds is 3. The number of benzene rings is 1. The second-order valence-electron chi connectivity index (χ2n) is 4.22. The van der Waals surface area contributed by atoms with E-state index in [2.05, 4.69) is 10.3 Å². The van der Waals surface area contributed by atoms with E-state index in [-0.39, 0.29) is 16.2 Å². The fraction of sp³-hybridized carbons (Fsp3) is 0.143. The molecule has 2 aromatic rings. The van der Waals surface area contributed by atoms with Crippen molar-refractivity contribution in [3.05, 3.63) is 57.3 Å². The molecule has 104 valence electrons. The van der Waals surface area contributed by atoms with Gasteiger partial charge in [0.15, 0.2) is 5.15 Å². The molecule has 0 aliphatic heterocycles. The molecular formula is C14H11Cl3N2O. The number of carbonyl (C=O) groups is 1. The normalized spacial score (nSPS) is 10.4. The Balaban J connectivity index is 2.28. The molecule has 0 atom stereocenters. The van der Waals surface area contributed by atoms with Crippen LogP contribution >= 0.6 is 34.8 Å². The topological polar surface area (TPSA) is 42.0 Å². The highest BCUT2D eigenvalue weighted by molar-refractivity contribution is 6.35. The SMILES string of the molecule is Cc1cc(Cl)nc(Cl)c1NC(=O)c1cccc(CCl)c1. The van der Waals surface area contributed by atoms with E-state index in [1.54, 1.807) is 31.2 Å². The van der Waals surface area contributed by atoms with Gasteiger partial charge in [-0.25, -0.2) is 4.98 Å². The number of hydrogen-bond acceptors (Lipinski definition) is 2. The number of carbonyl (C=O) groups excluding carboxylic acids is 1. The van der Waals surface area contributed by atoms with Crippen molar-refractivity contribution >= 4 is 46.4 Å². The predicted molar refractivity (Wildman–Crippen MR) is 82.9 cm³/mol. The van der Waals surface area contributed by atoms with Crippen molar-refractivity contribution < 1.29 is 4.79 Å². The molecule has 0 saturated heterocycles. The lowest BCUT2D eigenvalue weighted by Crippen LogP contribution is -2.13. The molecule has 1 heterocycles. The van der Waals surface area contributed by atoms with Crippen LogP contribution in [-0.2, 0) is 5.88 Å². The number of nitrogens with one attached hydrogen (secondary N) is 1. The minimum atomic E-state index is -0.272. The summed E-state index contributed by atoms with van der Waals surface area (Å²) < 4.78 is 0. The second-order valence-corrected chi connectivity index (χ2v) is 5.23. The number of anilines is 1. The van der Waals surface area contributed by atoms with Crippen LogP contribution < -0.4 is 5.32 Å². The summed E-state index contributed by atoms with van der Waals surface area (Å²) in [5.41, 5.74) is 2.58. The predicted octanol–water partition coefficient (Wildman–Crippen LogP) is 4.69. The van der Waals surface area contributed by atoms with Crippen LogP contribution in [0.15, 0.2) is 30.3 Å². The molecule has 20 heavy (non-hydrogen) atoms. The van der Waals surface area contributed by atoms with Crippen LogP contribution in [-0.4, -0.2) is 10.9 Å². The van der Waals surface area contributed by atoms with Crippen molar-refractivity contribution in [1.82, 2.24) is 4.98 Å². The third kappa shape index (κ3) is 3.42. The van der Waals surface area contributed by atoms with Gasteiger partial charge in [0.05, 0.1) is 5.69 Å². The maximum Gasteiger partial charge on any atom is 0.255 e. The van der Waals surface area contributed by atoms with Crippen LogP contribution in [0.2, 0.25) is 10.3 Å². The monoisotopic (exact) mass is 328 g/mol. The zero-order chi connectivity index (χ0) is 14.7. The highest BCUT2D eigenvalue weighted by atomic mass is 35.5. The van der Waals surface area contributed by atoms with Gasteiger partial charge >= 0.3 is 0 Å². The summed E-state index contributed by atoms with van der Waals surface area (Å²) in [4.78, 5) is 16.1. The van der Waals surface area contributed by atoms with Gasteiger partial charge in [0.2, 0.25) is 0 Å². The number of alkyl halides is 1. The van der Waals surface area contributed by atoms with Crippen molar-refractivity contribution in [2.75, 3.05) is 5.32 Å². The molecule has 6 heteroatoms. The first kappa shape index (κ1) is 15.1. The Morgan fingerprint density at radius 1 is 1.30 bits per heavy atom. The van der Waals surface area contributed by atoms with E-state index in [0.717, 1.165) is 11.1 Å². The van der Waals surface area contributed by atoms with E-state index in [0.29, 0.717) is 17.1 Å². The fourth-order valence-electron chi connectivity index (χ4n) is 1.73. The Labute approximate surface area is 131 Å². The Morgan fingerprint density at radius 3 is 2.70 bits per heavy atom. The minimum absolute atomic E-state index is 0.164. The first-order valence-electron chi connectivity index (χ1n) is 5.80. The third-order valence-electron chi connectivity index (χ3n) is 2.72. The lowest BCUT2D eigenvalue weighted by molar-refractivity contribution is 0.102. The summed E-state index contributed by atoms with van der Waals surface area (Å²) in [5.74, 6) is 0.0785. The number of amides is 1. The number of pyridine rings is 1. The summed E-state index contributed by atoms with van der Waals surface area (Å²) >= 11 is 17.5. The number of hydrogen-bond donors (Lipinski definition) is 1. The molecule has 0 spiro atoms. The lowest BCUT2D eigenvalue weighted by atomic mass is 10.1. The van der Waals surface area contributed by atoms with Crippen LogP contribution in [0.4, 0.5) is 5.69 Å². The van der Waals surface area contributed by atoms with Gasteiger partial charge in [-0.05, 0) is 36.2 Å². The van der Waals surface area contributed by atoms with Crippen LogP contribution in [0.5, 0.6) is 0 Å². The molecule has 1 aromatic carbocycles. The van der Waals surface area contributed by atoms with Crippen molar-refractivity contribution in [1.29, 1.82) is 0 Å². The molecule has 0 aliphatic carbocycles. The number of aromatic nitrogens is 1. The first-order valence-corrected chi connectivity index (χ1v) is 7.09. The van der Waals surface area contributed by atoms with Gasteiger partial charge in [-0.2, -0.15) is 0 Å². The molecular weight excluding hydrogens is 319 g/mol. The Morgan fingerprint density at radius 2 is 2.05 bits per heavy atom. The molecule has 1 N–H and O–H groups in total. The maximum atomic E-state index is 12.2. The summed E-state index contributed by atoms with van der Waals surface area (Å²) in [7, 11) is 0. The minimum Gasteiger partial charge on any atom is -0.319 e. The van der Waals surface area contributed by atoms with Gasteiger partial charge in [0, 0.05) is 11.4 Å². The largest absolute Gasteiger partial charge is 0.319 e. The van der Waals surface area contributed by atoms with Crippen LogP contribution in [0.25, 0.3) is 0 Å². The van der Waals surface area contributed by atoms with E-state index < -0.39 is 0 Å². The second kappa shape index (κ2) is 6.44. The highest BCUT2D eigenvalue weighted by Crippen LogP contribution is 2.27. The zero-order valence-electron chi connectivity index (χ0n) is 10.6. The zero-order valence-corrected chi connectivity index (χ0v) is 12.9. The molecule has 1 aromatic heterocycles. The van der Waals surface area contributed by atoms with E-state index in [4.69, 9.17) is 34.8 Å². The van der Waals surface area contributed by atoms with Crippen LogP contribution in [0.1, 0.15) is 21.5 Å². The Kier molecular flexibility index (Phi) is 4.86. The summed E-state index contributed by atoms with van der Waals surface area (Å²) in [6.07, 6.45) is 0. The van der Waals surface area contributed by atoms with Gasteiger partial charge < -0.3 is 5.32 Å². The summed E-state index contributed by atoms with van der Waals surface area (Å²) in [5, 5.41) is 3.19. The van der Waals surface area contributed by atoms with Gasteiger partial charge in [-0.3, -0.25) is 4.79 Å². The Hall–Kier alpha value is -1.29. The summed E-state index contributed by atoms with van der Waals surface area (Å²) in [6.45, 7) is 1.80. The molecule has 0 aliphatic rings. The van der Waals surface area contributed by atoms with Crippen molar-refractivity contribution in [2.24, 2.45) is 0 Å². The maximum absolute atomic E-state index is 12.2. The molecule has 2 rings (SSSR count). The smallest absolute Gasteiger partial charge is 0.255 e. The molecule has 1 amide bonds. The highest BCUT2D eigenvalue weighted by Gasteiger charge is 2.13. The van der Waals surface area contributed by atoms with E-state index in [1.165, 1.54) is 0 Å². The van der Waals surface area contributed by atoms with E-state index in [1.807, 2.05) is 6.07 Å². The first-order chi connectivity index (χ1) is 9.51. The molecule has 0 radical (unpaired) electrons. The summed E-state index contributed by atoms with van der Waals surface area (Å²) in [6, 6.07) is 8.71. The van der Waals surface area contributed by atoms with Crippen LogP contribution in [0.3, 0.4) is 0 Å². The lowest BCUT2D eigenvalue weighted by Gasteiger charge is -2.10. The van der Waals surface area contributed by atoms with Crippen molar-refractivity contribution in [3.8, 4) is 0 Å². The molecule has 0 unspecified atom stereocenters. The van der Waals surface area contributed by atoms with E-state index >= 15 is 0 Å². The molecule has 3 nitrogen and oxygen atoms in total. The van der Waals surface area contributed by atoms with Gasteiger partial charge in [0.1, 0.15) is 5.15 Å². The Bertz CT molecular complexity index is 636. The van der Waals surface area contributed by atoms with Crippen molar-refractivity contribution in [2.45, 2.75) is 12.8 Å². The third-order valence-corrected chi connectivity index (χ3v) is 3.50. The molecule has 0 fully saturated rings. The number of nitrogens with zero attached hydrogens (tertiary/aromatic N) is 1. The van der Waals surface area contributed by atoms with Crippen molar-refractivity contribution in [3.63, 3.8) is 0 Å². The number of aryl methyl sites for hydroxylation is 1. The quantitative estimate of drug-likeness (QED) is 0.656. The van der Waals surface area contributed by atoms with Gasteiger partial charge in [0.25, 0.3) is 5.91 Å². The molecule has 0 saturated carbocycles. The molecule has 0 bridgehead atoms. The fourth-order valence-corrected chi connectivity index (χ4v) is 2.47. The van der Waals surface area contributed by atoms with Gasteiger partial charge in [-0.15, -0.1) is 11.6 Å². The van der Waals surface area contributed by atoms with Crippen LogP contribution in [0, 0.1) is 6.92 Å². The standard InChI is InChI=1S/C14H11Cl3N2O/c1-8-5-11(16)18-13(17)12(8)19-14(20)10-4-2-3-9(6-10)7-15/h2-6H,7H2,1H3,(H,19,20). The average Bonchev–Trinajstić information content (AvgIpc) is 2.42. The van der Waals surface area contributed by atoms with E-state index in [9.17, 15) is 4.79 Å². The average molecular weight is 330 g/mol. The number of halogens is 3. The van der Waals surface area contributed by atoms with Gasteiger partial charge in [-0.1, -0.05) is 35.3 Å².